The Kier molecular flexibility index (Phi) is 6.02. The molecule has 8 nitrogen and oxygen atoms in total. The normalized spacial score (nSPS) is 11.0. The summed E-state index contributed by atoms with van der Waals surface area (Å²) >= 11 is 0. The molecule has 0 fully saturated rings. The number of hydrogen-bond donors (Lipinski definition) is 2. The van der Waals surface area contributed by atoms with E-state index in [-0.39, 0.29) is 39.7 Å². The molecule has 0 aliphatic heterocycles. The first-order valence-electron chi connectivity index (χ1n) is 7.69. The first-order chi connectivity index (χ1) is 12.9. The van der Waals surface area contributed by atoms with E-state index in [1.165, 1.54) is 58.8 Å². The molecule has 0 unspecified atom stereocenters. The Hall–Kier alpha value is -3.55. The molecule has 0 spiro atoms. The van der Waals surface area contributed by atoms with Crippen LogP contribution in [0.15, 0.2) is 24.3 Å². The standard InChI is InChI=1S/C19H20O8/c1-24-15-8-11(9-16(25-2)18(15)27-4)12(19(22)23)5-10-6-13(20)17(26-3)14(21)7-10/h5-9,20-21H,1-4H3,(H,22,23)/p-1/b12-5+. The Bertz CT molecular complexity index is 837. The van der Waals surface area contributed by atoms with Crippen LogP contribution >= 0.6 is 0 Å². The van der Waals surface area contributed by atoms with Crippen molar-refractivity contribution in [2.45, 2.75) is 0 Å². The van der Waals surface area contributed by atoms with E-state index >= 15 is 0 Å². The van der Waals surface area contributed by atoms with Gasteiger partial charge in [0, 0.05) is 0 Å². The van der Waals surface area contributed by atoms with Crippen molar-refractivity contribution in [2.24, 2.45) is 0 Å². The van der Waals surface area contributed by atoms with Crippen molar-refractivity contribution in [1.82, 2.24) is 0 Å². The van der Waals surface area contributed by atoms with Crippen molar-refractivity contribution in [3.05, 3.63) is 35.4 Å². The summed E-state index contributed by atoms with van der Waals surface area (Å²) in [4.78, 5) is 11.8. The molecule has 0 amide bonds. The van der Waals surface area contributed by atoms with Crippen LogP contribution in [0.4, 0.5) is 0 Å². The van der Waals surface area contributed by atoms with Crippen molar-refractivity contribution in [1.29, 1.82) is 0 Å². The first kappa shape index (κ1) is 19.8. The van der Waals surface area contributed by atoms with Gasteiger partial charge in [-0.1, -0.05) is 11.8 Å². The van der Waals surface area contributed by atoms with Crippen LogP contribution in [0.25, 0.3) is 11.6 Å². The predicted molar refractivity (Wildman–Crippen MR) is 95.7 cm³/mol. The van der Waals surface area contributed by atoms with Gasteiger partial charge in [-0.3, -0.25) is 0 Å². The maximum Gasteiger partial charge on any atom is 0.336 e. The van der Waals surface area contributed by atoms with Crippen molar-refractivity contribution >= 4 is 17.6 Å². The monoisotopic (exact) mass is 375 g/mol. The van der Waals surface area contributed by atoms with Crippen LogP contribution in [0, 0.1) is 0 Å². The van der Waals surface area contributed by atoms with Gasteiger partial charge < -0.3 is 34.3 Å². The van der Waals surface area contributed by atoms with Crippen LogP contribution < -0.4 is 24.1 Å². The largest absolute Gasteiger partial charge is 0.870 e. The molecule has 144 valence electrons. The minimum Gasteiger partial charge on any atom is -0.870 e. The van der Waals surface area contributed by atoms with Gasteiger partial charge >= 0.3 is 5.97 Å². The molecule has 2 aromatic rings. The lowest BCUT2D eigenvalue weighted by atomic mass is 10.0. The average Bonchev–Trinajstić information content (AvgIpc) is 2.64. The predicted octanol–water partition coefficient (Wildman–Crippen LogP) is 2.13. The van der Waals surface area contributed by atoms with Crippen molar-refractivity contribution < 1.29 is 39.1 Å². The summed E-state index contributed by atoms with van der Waals surface area (Å²) < 4.78 is 20.5. The third kappa shape index (κ3) is 4.00. The summed E-state index contributed by atoms with van der Waals surface area (Å²) in [6, 6.07) is 5.35. The second-order valence-electron chi connectivity index (χ2n) is 5.35. The minimum atomic E-state index is -1.24. The van der Waals surface area contributed by atoms with Crippen molar-refractivity contribution in [3.8, 4) is 34.5 Å². The minimum absolute atomic E-state index is 0.141. The number of aromatic hydroxyl groups is 1. The van der Waals surface area contributed by atoms with Gasteiger partial charge in [-0.25, -0.2) is 4.79 Å². The molecule has 2 rings (SSSR count). The second-order valence-corrected chi connectivity index (χ2v) is 5.35. The topological polar surface area (TPSA) is 118 Å². The van der Waals surface area contributed by atoms with Gasteiger partial charge in [-0.15, -0.1) is 0 Å². The van der Waals surface area contributed by atoms with E-state index in [1.54, 1.807) is 0 Å². The zero-order valence-corrected chi connectivity index (χ0v) is 15.2. The van der Waals surface area contributed by atoms with E-state index in [0.717, 1.165) is 0 Å². The lowest BCUT2D eigenvalue weighted by Gasteiger charge is -2.16. The highest BCUT2D eigenvalue weighted by atomic mass is 16.5. The molecule has 0 aromatic heterocycles. The maximum atomic E-state index is 11.9. The fourth-order valence-electron chi connectivity index (χ4n) is 2.57. The molecule has 0 radical (unpaired) electrons. The average molecular weight is 375 g/mol. The molecule has 0 saturated carbocycles. The number of phenols is 1. The number of rotatable bonds is 7. The van der Waals surface area contributed by atoms with Gasteiger partial charge in [0.05, 0.1) is 34.0 Å². The molecule has 0 aliphatic carbocycles. The Morgan fingerprint density at radius 1 is 0.926 bits per heavy atom. The summed E-state index contributed by atoms with van der Waals surface area (Å²) in [5.41, 5.74) is 0.322. The van der Waals surface area contributed by atoms with Gasteiger partial charge in [0.15, 0.2) is 23.0 Å². The molecular formula is C19H19O8-. The molecule has 0 bridgehead atoms. The Morgan fingerprint density at radius 3 is 1.89 bits per heavy atom. The van der Waals surface area contributed by atoms with Crippen LogP contribution in [0.2, 0.25) is 0 Å². The number of phenolic OH excluding ortho intramolecular Hbond substituents is 1. The number of carboxylic acids is 1. The maximum absolute atomic E-state index is 11.9. The van der Waals surface area contributed by atoms with Crippen LogP contribution in [-0.4, -0.2) is 44.6 Å². The summed E-state index contributed by atoms with van der Waals surface area (Å²) in [5.74, 6) is -1.53. The Balaban J connectivity index is 2.65. The van der Waals surface area contributed by atoms with Gasteiger partial charge in [0.2, 0.25) is 5.75 Å². The highest BCUT2D eigenvalue weighted by Crippen LogP contribution is 2.41. The second kappa shape index (κ2) is 8.22. The molecule has 27 heavy (non-hydrogen) atoms. The first-order valence-corrected chi connectivity index (χ1v) is 7.69. The fraction of sp³-hybridized carbons (Fsp3) is 0.211. The summed E-state index contributed by atoms with van der Waals surface area (Å²) in [5, 5.41) is 31.4. The molecule has 2 aromatic carbocycles. The summed E-state index contributed by atoms with van der Waals surface area (Å²) in [6.07, 6.45) is 1.25. The van der Waals surface area contributed by atoms with Crippen LogP contribution in [0.5, 0.6) is 34.5 Å². The number of ether oxygens (including phenoxy) is 4. The van der Waals surface area contributed by atoms with E-state index in [0.29, 0.717) is 5.75 Å². The number of carboxylic acid groups (broad SMARTS) is 1. The fourth-order valence-corrected chi connectivity index (χ4v) is 2.57. The number of hydrogen-bond acceptors (Lipinski definition) is 7. The summed E-state index contributed by atoms with van der Waals surface area (Å²) in [6.45, 7) is 0. The van der Waals surface area contributed by atoms with E-state index < -0.39 is 11.7 Å². The highest BCUT2D eigenvalue weighted by molar-refractivity contribution is 6.21. The van der Waals surface area contributed by atoms with E-state index in [4.69, 9.17) is 18.9 Å². The zero-order chi connectivity index (χ0) is 20.1. The Labute approximate surface area is 155 Å². The quantitative estimate of drug-likeness (QED) is 0.558. The molecule has 2 N–H and O–H groups in total. The van der Waals surface area contributed by atoms with Crippen LogP contribution in [-0.2, 0) is 4.79 Å². The number of methoxy groups -OCH3 is 4. The lowest BCUT2D eigenvalue weighted by molar-refractivity contribution is -0.270. The molecule has 0 atom stereocenters. The van der Waals surface area contributed by atoms with E-state index in [2.05, 4.69) is 0 Å². The number of aliphatic carboxylic acids is 1. The van der Waals surface area contributed by atoms with Crippen LogP contribution in [0.1, 0.15) is 11.1 Å². The third-order valence-electron chi connectivity index (χ3n) is 3.78. The van der Waals surface area contributed by atoms with Gasteiger partial charge in [-0.2, -0.15) is 0 Å². The summed E-state index contributed by atoms with van der Waals surface area (Å²) in [7, 11) is 5.52. The molecule has 0 saturated heterocycles. The lowest BCUT2D eigenvalue weighted by Crippen LogP contribution is -2.03. The molecule has 0 aliphatic rings. The third-order valence-corrected chi connectivity index (χ3v) is 3.78. The van der Waals surface area contributed by atoms with Crippen molar-refractivity contribution in [2.75, 3.05) is 28.4 Å². The Morgan fingerprint density at radius 2 is 1.48 bits per heavy atom. The molecular weight excluding hydrogens is 356 g/mol. The number of benzene rings is 2. The SMILES string of the molecule is COc1cc(/C(=C\c2cc([O-])c(OC)c(O)c2)C(=O)O)cc(OC)c1OC. The van der Waals surface area contributed by atoms with E-state index in [1.807, 2.05) is 0 Å². The smallest absolute Gasteiger partial charge is 0.336 e. The van der Waals surface area contributed by atoms with Crippen molar-refractivity contribution in [3.63, 3.8) is 0 Å². The van der Waals surface area contributed by atoms with E-state index in [9.17, 15) is 20.1 Å². The number of carbonyl (C=O) groups is 1. The van der Waals surface area contributed by atoms with Gasteiger partial charge in [-0.05, 0) is 35.4 Å². The molecule has 0 heterocycles. The van der Waals surface area contributed by atoms with Gasteiger partial charge in [0.1, 0.15) is 0 Å². The molecule has 8 heteroatoms. The highest BCUT2D eigenvalue weighted by Gasteiger charge is 2.19. The van der Waals surface area contributed by atoms with Crippen LogP contribution in [0.3, 0.4) is 0 Å². The van der Waals surface area contributed by atoms with Gasteiger partial charge in [0.25, 0.3) is 0 Å². The zero-order valence-electron chi connectivity index (χ0n) is 15.2.